The van der Waals surface area contributed by atoms with Gasteiger partial charge in [0.25, 0.3) is 0 Å². The summed E-state index contributed by atoms with van der Waals surface area (Å²) in [7, 11) is 0. The van der Waals surface area contributed by atoms with Gasteiger partial charge in [-0.05, 0) is 45.7 Å². The van der Waals surface area contributed by atoms with Gasteiger partial charge in [-0.1, -0.05) is 0 Å². The highest BCUT2D eigenvalue weighted by Crippen LogP contribution is 2.31. The summed E-state index contributed by atoms with van der Waals surface area (Å²) in [6.45, 7) is 6.86. The first kappa shape index (κ1) is 17.8. The number of fused-ring (bicyclic) bond motifs is 3. The van der Waals surface area contributed by atoms with Crippen molar-refractivity contribution in [2.24, 2.45) is 0 Å². The van der Waals surface area contributed by atoms with Gasteiger partial charge in [0.05, 0.1) is 6.33 Å². The minimum absolute atomic E-state index is 0.0477. The molecule has 2 aromatic heterocycles. The first-order valence-electron chi connectivity index (χ1n) is 9.37. The van der Waals surface area contributed by atoms with Crippen LogP contribution in [-0.4, -0.2) is 67.1 Å². The van der Waals surface area contributed by atoms with Crippen LogP contribution in [0.1, 0.15) is 33.6 Å². The molecule has 4 rings (SSSR count). The number of amides is 2. The summed E-state index contributed by atoms with van der Waals surface area (Å²) >= 11 is 0. The van der Waals surface area contributed by atoms with E-state index in [-0.39, 0.29) is 30.6 Å². The van der Waals surface area contributed by atoms with Gasteiger partial charge in [0.2, 0.25) is 5.91 Å². The third-order valence-corrected chi connectivity index (χ3v) is 5.10. The third kappa shape index (κ3) is 3.48. The average molecular weight is 371 g/mol. The van der Waals surface area contributed by atoms with E-state index in [1.165, 1.54) is 0 Å². The Bertz CT molecular complexity index is 858. The highest BCUT2D eigenvalue weighted by molar-refractivity contribution is 5.80. The Labute approximate surface area is 158 Å². The molecule has 27 heavy (non-hydrogen) atoms. The molecule has 2 saturated heterocycles. The average Bonchev–Trinajstić information content (AvgIpc) is 3.12. The van der Waals surface area contributed by atoms with Crippen LogP contribution in [0.25, 0.3) is 11.2 Å². The lowest BCUT2D eigenvalue weighted by molar-refractivity contribution is -0.137. The van der Waals surface area contributed by atoms with E-state index in [0.29, 0.717) is 18.7 Å². The second-order valence-electron chi connectivity index (χ2n) is 8.29. The van der Waals surface area contributed by atoms with Gasteiger partial charge in [0.15, 0.2) is 5.65 Å². The molecule has 4 heterocycles. The zero-order chi connectivity index (χ0) is 19.2. The highest BCUT2D eigenvalue weighted by Gasteiger charge is 2.44. The molecule has 2 fully saturated rings. The topological polar surface area (TPSA) is 80.6 Å². The van der Waals surface area contributed by atoms with E-state index < -0.39 is 5.60 Å². The van der Waals surface area contributed by atoms with Gasteiger partial charge in [-0.3, -0.25) is 4.79 Å². The zero-order valence-corrected chi connectivity index (χ0v) is 16.0. The predicted molar refractivity (Wildman–Crippen MR) is 99.0 cm³/mol. The van der Waals surface area contributed by atoms with Gasteiger partial charge in [-0.15, -0.1) is 0 Å². The molecule has 0 radical (unpaired) electrons. The quantitative estimate of drug-likeness (QED) is 0.807. The molecular formula is C19H25N5O3. The van der Waals surface area contributed by atoms with Gasteiger partial charge in [0, 0.05) is 31.4 Å². The maximum Gasteiger partial charge on any atom is 0.410 e. The van der Waals surface area contributed by atoms with E-state index in [1.807, 2.05) is 37.8 Å². The Kier molecular flexibility index (Phi) is 4.28. The van der Waals surface area contributed by atoms with Crippen molar-refractivity contribution in [2.45, 2.75) is 57.8 Å². The predicted octanol–water partition coefficient (Wildman–Crippen LogP) is 2.04. The molecule has 0 N–H and O–H groups in total. The summed E-state index contributed by atoms with van der Waals surface area (Å²) in [6.07, 6.45) is 4.90. The molecule has 0 aliphatic carbocycles. The number of ether oxygens (including phenoxy) is 1. The van der Waals surface area contributed by atoms with E-state index in [1.54, 1.807) is 22.0 Å². The Hall–Kier alpha value is -2.64. The largest absolute Gasteiger partial charge is 0.444 e. The van der Waals surface area contributed by atoms with Crippen molar-refractivity contribution in [1.82, 2.24) is 24.3 Å². The SMILES string of the molecule is CC(C)(C)OC(=O)N1C[C@H]2CC[C@@H](C1)N2C(=O)Cn1cnc2cccnc21. The van der Waals surface area contributed by atoms with E-state index >= 15 is 0 Å². The molecule has 2 aromatic rings. The Balaban J connectivity index is 1.45. The molecule has 2 amide bonds. The first-order valence-corrected chi connectivity index (χ1v) is 9.37. The standard InChI is InChI=1S/C19H25N5O3/c1-19(2,3)27-18(26)22-9-13-6-7-14(10-22)24(13)16(25)11-23-12-21-15-5-4-8-20-17(15)23/h4-5,8,12-14H,6-7,9-11H2,1-3H3/t13-,14+. The number of likely N-dealkylation sites (tertiary alicyclic amines) is 1. The second kappa shape index (κ2) is 6.51. The fourth-order valence-electron chi connectivity index (χ4n) is 4.03. The number of piperazine rings is 1. The van der Waals surface area contributed by atoms with Gasteiger partial charge in [-0.2, -0.15) is 0 Å². The number of pyridine rings is 1. The summed E-state index contributed by atoms with van der Waals surface area (Å²) in [5.41, 5.74) is 0.979. The van der Waals surface area contributed by atoms with Crippen LogP contribution in [0.3, 0.4) is 0 Å². The number of hydrogen-bond acceptors (Lipinski definition) is 5. The summed E-state index contributed by atoms with van der Waals surface area (Å²) in [4.78, 5) is 37.7. The van der Waals surface area contributed by atoms with E-state index in [4.69, 9.17) is 4.74 Å². The maximum atomic E-state index is 13.0. The van der Waals surface area contributed by atoms with Crippen molar-refractivity contribution in [3.05, 3.63) is 24.7 Å². The number of carbonyl (C=O) groups is 2. The van der Waals surface area contributed by atoms with Crippen LogP contribution >= 0.6 is 0 Å². The minimum atomic E-state index is -0.515. The molecule has 2 aliphatic rings. The van der Waals surface area contributed by atoms with Crippen molar-refractivity contribution in [3.63, 3.8) is 0 Å². The van der Waals surface area contributed by atoms with E-state index in [0.717, 1.165) is 18.4 Å². The number of nitrogens with zero attached hydrogens (tertiary/aromatic N) is 5. The van der Waals surface area contributed by atoms with Crippen molar-refractivity contribution >= 4 is 23.2 Å². The second-order valence-corrected chi connectivity index (χ2v) is 8.29. The number of aromatic nitrogens is 3. The summed E-state index contributed by atoms with van der Waals surface area (Å²) in [5, 5.41) is 0. The minimum Gasteiger partial charge on any atom is -0.444 e. The molecule has 0 saturated carbocycles. The number of imidazole rings is 1. The Morgan fingerprint density at radius 2 is 1.89 bits per heavy atom. The Morgan fingerprint density at radius 3 is 2.56 bits per heavy atom. The molecule has 0 spiro atoms. The number of carbonyl (C=O) groups excluding carboxylic acids is 2. The first-order chi connectivity index (χ1) is 12.8. The zero-order valence-electron chi connectivity index (χ0n) is 16.0. The van der Waals surface area contributed by atoms with Crippen molar-refractivity contribution in [3.8, 4) is 0 Å². The summed E-state index contributed by atoms with van der Waals surface area (Å²) in [6, 6.07) is 3.81. The van der Waals surface area contributed by atoms with Gasteiger partial charge < -0.3 is 19.1 Å². The molecule has 0 unspecified atom stereocenters. The molecule has 0 aromatic carbocycles. The lowest BCUT2D eigenvalue weighted by atomic mass is 10.2. The van der Waals surface area contributed by atoms with Gasteiger partial charge >= 0.3 is 6.09 Å². The number of hydrogen-bond donors (Lipinski definition) is 0. The van der Waals surface area contributed by atoms with Gasteiger partial charge in [0.1, 0.15) is 17.7 Å². The molecule has 8 heteroatoms. The van der Waals surface area contributed by atoms with E-state index in [2.05, 4.69) is 9.97 Å². The maximum absolute atomic E-state index is 13.0. The molecule has 2 bridgehead atoms. The van der Waals surface area contributed by atoms with Crippen LogP contribution in [0.15, 0.2) is 24.7 Å². The molecule has 8 nitrogen and oxygen atoms in total. The van der Waals surface area contributed by atoms with Crippen molar-refractivity contribution < 1.29 is 14.3 Å². The lowest BCUT2D eigenvalue weighted by Crippen LogP contribution is -2.58. The van der Waals surface area contributed by atoms with Crippen LogP contribution < -0.4 is 0 Å². The highest BCUT2D eigenvalue weighted by atomic mass is 16.6. The molecular weight excluding hydrogens is 346 g/mol. The van der Waals surface area contributed by atoms with Crippen LogP contribution in [0.2, 0.25) is 0 Å². The van der Waals surface area contributed by atoms with E-state index in [9.17, 15) is 9.59 Å². The van der Waals surface area contributed by atoms with Crippen LogP contribution in [0.5, 0.6) is 0 Å². The van der Waals surface area contributed by atoms with Crippen molar-refractivity contribution in [1.29, 1.82) is 0 Å². The molecule has 2 atom stereocenters. The Morgan fingerprint density at radius 1 is 1.19 bits per heavy atom. The van der Waals surface area contributed by atoms with Crippen LogP contribution in [0.4, 0.5) is 4.79 Å². The normalized spacial score (nSPS) is 22.3. The summed E-state index contributed by atoms with van der Waals surface area (Å²) < 4.78 is 7.28. The van der Waals surface area contributed by atoms with Crippen molar-refractivity contribution in [2.75, 3.05) is 13.1 Å². The fraction of sp³-hybridized carbons (Fsp3) is 0.579. The molecule has 2 aliphatic heterocycles. The fourth-order valence-corrected chi connectivity index (χ4v) is 4.03. The van der Waals surface area contributed by atoms with Gasteiger partial charge in [-0.25, -0.2) is 14.8 Å². The summed E-state index contributed by atoms with van der Waals surface area (Å²) in [5.74, 6) is 0.0521. The number of rotatable bonds is 2. The third-order valence-electron chi connectivity index (χ3n) is 5.10. The van der Waals surface area contributed by atoms with Crippen LogP contribution in [-0.2, 0) is 16.1 Å². The van der Waals surface area contributed by atoms with Crippen LogP contribution in [0, 0.1) is 0 Å². The smallest absolute Gasteiger partial charge is 0.410 e. The lowest BCUT2D eigenvalue weighted by Gasteiger charge is -2.41. The molecule has 144 valence electrons. The monoisotopic (exact) mass is 371 g/mol.